The zero-order chi connectivity index (χ0) is 15.5. The van der Waals surface area contributed by atoms with Gasteiger partial charge >= 0.3 is 0 Å². The molecule has 2 aromatic carbocycles. The van der Waals surface area contributed by atoms with Gasteiger partial charge in [0.1, 0.15) is 11.6 Å². The van der Waals surface area contributed by atoms with Gasteiger partial charge in [0.2, 0.25) is 0 Å². The molecule has 0 saturated heterocycles. The monoisotopic (exact) mass is 291 g/mol. The number of carbonyl (C=O) groups excluding carboxylic acids is 1. The van der Waals surface area contributed by atoms with Gasteiger partial charge in [0.25, 0.3) is 5.91 Å². The maximum Gasteiger partial charge on any atom is 0.252 e. The summed E-state index contributed by atoms with van der Waals surface area (Å²) in [5.41, 5.74) is -0.484. The smallest absolute Gasteiger partial charge is 0.252 e. The fraction of sp³-hybridized carbons (Fsp3) is 0.188. The topological polar surface area (TPSA) is 49.3 Å². The quantitative estimate of drug-likeness (QED) is 0.909. The van der Waals surface area contributed by atoms with Crippen LogP contribution in [-0.4, -0.2) is 17.6 Å². The van der Waals surface area contributed by atoms with Crippen LogP contribution in [0.4, 0.5) is 8.78 Å². The fourth-order valence-electron chi connectivity index (χ4n) is 2.02. The number of hydrogen-bond donors (Lipinski definition) is 2. The van der Waals surface area contributed by atoms with Crippen LogP contribution in [0.3, 0.4) is 0 Å². The second kappa shape index (κ2) is 6.01. The van der Waals surface area contributed by atoms with E-state index >= 15 is 0 Å². The summed E-state index contributed by atoms with van der Waals surface area (Å²) in [4.78, 5) is 12.1. The summed E-state index contributed by atoms with van der Waals surface area (Å²) in [6, 6.07) is 11.5. The van der Waals surface area contributed by atoms with Gasteiger partial charge in [-0.05, 0) is 24.6 Å². The van der Waals surface area contributed by atoms with Crippen LogP contribution in [-0.2, 0) is 5.54 Å². The number of carbonyl (C=O) groups is 1. The lowest BCUT2D eigenvalue weighted by Crippen LogP contribution is -2.46. The summed E-state index contributed by atoms with van der Waals surface area (Å²) in [6.07, 6.45) is 0. The third-order valence-corrected chi connectivity index (χ3v) is 3.24. The van der Waals surface area contributed by atoms with Crippen molar-refractivity contribution >= 4 is 5.91 Å². The molecule has 1 amide bonds. The van der Waals surface area contributed by atoms with E-state index in [1.54, 1.807) is 31.2 Å². The number of amides is 1. The summed E-state index contributed by atoms with van der Waals surface area (Å²) in [5.74, 6) is -2.31. The molecule has 21 heavy (non-hydrogen) atoms. The largest absolute Gasteiger partial charge is 0.394 e. The zero-order valence-corrected chi connectivity index (χ0v) is 11.4. The molecule has 2 rings (SSSR count). The molecular weight excluding hydrogens is 276 g/mol. The van der Waals surface area contributed by atoms with E-state index < -0.39 is 23.1 Å². The highest BCUT2D eigenvalue weighted by Crippen LogP contribution is 2.21. The van der Waals surface area contributed by atoms with E-state index in [2.05, 4.69) is 5.32 Å². The molecule has 1 unspecified atom stereocenters. The molecule has 0 aromatic heterocycles. The van der Waals surface area contributed by atoms with Crippen molar-refractivity contribution in [2.24, 2.45) is 0 Å². The van der Waals surface area contributed by atoms with Crippen molar-refractivity contribution in [3.63, 3.8) is 0 Å². The van der Waals surface area contributed by atoms with Gasteiger partial charge in [0, 0.05) is 11.6 Å². The van der Waals surface area contributed by atoms with Crippen molar-refractivity contribution < 1.29 is 18.7 Å². The Hall–Kier alpha value is -2.27. The molecule has 0 spiro atoms. The molecule has 0 aliphatic heterocycles. The number of hydrogen-bond acceptors (Lipinski definition) is 2. The zero-order valence-electron chi connectivity index (χ0n) is 11.4. The minimum atomic E-state index is -1.04. The number of benzene rings is 2. The summed E-state index contributed by atoms with van der Waals surface area (Å²) in [7, 11) is 0. The number of rotatable bonds is 4. The molecule has 0 aliphatic carbocycles. The van der Waals surface area contributed by atoms with Crippen LogP contribution in [0.1, 0.15) is 22.8 Å². The van der Waals surface area contributed by atoms with Gasteiger partial charge in [-0.25, -0.2) is 8.78 Å². The molecule has 0 bridgehead atoms. The Morgan fingerprint density at radius 1 is 1.14 bits per heavy atom. The predicted molar refractivity (Wildman–Crippen MR) is 74.7 cm³/mol. The number of nitrogens with one attached hydrogen (secondary N) is 1. The Bertz CT molecular complexity index is 626. The van der Waals surface area contributed by atoms with E-state index in [9.17, 15) is 18.7 Å². The molecular formula is C16H15F2NO2. The molecule has 3 nitrogen and oxygen atoms in total. The average molecular weight is 291 g/mol. The van der Waals surface area contributed by atoms with Crippen LogP contribution < -0.4 is 5.32 Å². The van der Waals surface area contributed by atoms with Crippen molar-refractivity contribution in [2.45, 2.75) is 12.5 Å². The van der Waals surface area contributed by atoms with Crippen LogP contribution in [0.5, 0.6) is 0 Å². The Labute approximate surface area is 121 Å². The van der Waals surface area contributed by atoms with Crippen molar-refractivity contribution in [3.05, 3.63) is 71.3 Å². The number of halogens is 2. The molecule has 0 saturated carbocycles. The lowest BCUT2D eigenvalue weighted by molar-refractivity contribution is 0.0848. The maximum atomic E-state index is 13.2. The molecule has 0 fully saturated rings. The molecule has 110 valence electrons. The second-order valence-electron chi connectivity index (χ2n) is 4.97. The van der Waals surface area contributed by atoms with Crippen LogP contribution >= 0.6 is 0 Å². The van der Waals surface area contributed by atoms with E-state index in [0.717, 1.165) is 12.1 Å². The number of aliphatic hydroxyl groups excluding tert-OH is 1. The van der Waals surface area contributed by atoms with Crippen LogP contribution in [0.2, 0.25) is 0 Å². The Morgan fingerprint density at radius 2 is 1.71 bits per heavy atom. The van der Waals surface area contributed by atoms with Gasteiger partial charge in [0.15, 0.2) is 0 Å². The fourth-order valence-corrected chi connectivity index (χ4v) is 2.02. The van der Waals surface area contributed by atoms with E-state index in [1.807, 2.05) is 6.07 Å². The third kappa shape index (κ3) is 3.44. The highest BCUT2D eigenvalue weighted by molar-refractivity contribution is 5.94. The molecule has 1 atom stereocenters. The first kappa shape index (κ1) is 15.1. The van der Waals surface area contributed by atoms with Crippen LogP contribution in [0.25, 0.3) is 0 Å². The average Bonchev–Trinajstić information content (AvgIpc) is 2.47. The van der Waals surface area contributed by atoms with E-state index in [1.165, 1.54) is 0 Å². The summed E-state index contributed by atoms with van der Waals surface area (Å²) in [5, 5.41) is 12.2. The lowest BCUT2D eigenvalue weighted by Gasteiger charge is -2.29. The first-order chi connectivity index (χ1) is 9.94. The first-order valence-electron chi connectivity index (χ1n) is 6.39. The molecule has 0 radical (unpaired) electrons. The number of aliphatic hydroxyl groups is 1. The second-order valence-corrected chi connectivity index (χ2v) is 4.97. The van der Waals surface area contributed by atoms with E-state index in [4.69, 9.17) is 0 Å². The van der Waals surface area contributed by atoms with Crippen LogP contribution in [0.15, 0.2) is 48.5 Å². The third-order valence-electron chi connectivity index (χ3n) is 3.24. The van der Waals surface area contributed by atoms with Gasteiger partial charge in [-0.3, -0.25) is 4.79 Å². The van der Waals surface area contributed by atoms with Gasteiger partial charge in [-0.1, -0.05) is 30.3 Å². The molecule has 0 aliphatic rings. The summed E-state index contributed by atoms with van der Waals surface area (Å²) >= 11 is 0. The summed E-state index contributed by atoms with van der Waals surface area (Å²) in [6.45, 7) is 1.29. The minimum Gasteiger partial charge on any atom is -0.394 e. The van der Waals surface area contributed by atoms with E-state index in [-0.39, 0.29) is 12.2 Å². The van der Waals surface area contributed by atoms with Crippen molar-refractivity contribution in [1.29, 1.82) is 0 Å². The van der Waals surface area contributed by atoms with Gasteiger partial charge in [-0.2, -0.15) is 0 Å². The van der Waals surface area contributed by atoms with Crippen molar-refractivity contribution in [3.8, 4) is 0 Å². The maximum absolute atomic E-state index is 13.2. The SMILES string of the molecule is CC(CO)(NC(=O)c1cc(F)cc(F)c1)c1ccccc1. The Balaban J connectivity index is 2.28. The predicted octanol–water partition coefficient (Wildman–Crippen LogP) is 2.60. The van der Waals surface area contributed by atoms with Gasteiger partial charge < -0.3 is 10.4 Å². The highest BCUT2D eigenvalue weighted by atomic mass is 19.1. The van der Waals surface area contributed by atoms with Gasteiger partial charge in [-0.15, -0.1) is 0 Å². The van der Waals surface area contributed by atoms with E-state index in [0.29, 0.717) is 11.6 Å². The lowest BCUT2D eigenvalue weighted by atomic mass is 9.92. The van der Waals surface area contributed by atoms with Gasteiger partial charge in [0.05, 0.1) is 12.1 Å². The standard InChI is InChI=1S/C16H15F2NO2/c1-16(10-20,12-5-3-2-4-6-12)19-15(21)11-7-13(17)9-14(18)8-11/h2-9,20H,10H2,1H3,(H,19,21). The Morgan fingerprint density at radius 3 is 2.24 bits per heavy atom. The van der Waals surface area contributed by atoms with Crippen molar-refractivity contribution in [2.75, 3.05) is 6.61 Å². The molecule has 0 heterocycles. The molecule has 2 N–H and O–H groups in total. The molecule has 5 heteroatoms. The first-order valence-corrected chi connectivity index (χ1v) is 6.39. The Kier molecular flexibility index (Phi) is 4.33. The minimum absolute atomic E-state index is 0.136. The highest BCUT2D eigenvalue weighted by Gasteiger charge is 2.28. The summed E-state index contributed by atoms with van der Waals surface area (Å²) < 4.78 is 26.3. The van der Waals surface area contributed by atoms with Crippen LogP contribution in [0, 0.1) is 11.6 Å². The molecule has 2 aromatic rings. The normalized spacial score (nSPS) is 13.5. The van der Waals surface area contributed by atoms with Crippen molar-refractivity contribution in [1.82, 2.24) is 5.32 Å².